The molecule has 0 N–H and O–H groups in total. The van der Waals surface area contributed by atoms with E-state index in [0.717, 1.165) is 12.0 Å². The topological polar surface area (TPSA) is 43.1 Å². The lowest BCUT2D eigenvalue weighted by molar-refractivity contribution is -0.384. The third-order valence-corrected chi connectivity index (χ3v) is 4.38. The van der Waals surface area contributed by atoms with Crippen molar-refractivity contribution >= 4 is 28.3 Å². The Morgan fingerprint density at radius 3 is 2.17 bits per heavy atom. The standard InChI is InChI=1S/C19H14INO2/c20-18-8-6-16(7-9-18)17-3-1-2-15(13-17)12-14-4-10-19(11-5-14)21(22)23/h1-11,13H,12H2. The molecule has 0 aliphatic heterocycles. The van der Waals surface area contributed by atoms with E-state index in [-0.39, 0.29) is 10.6 Å². The number of benzene rings is 3. The molecule has 3 aromatic rings. The Bertz CT molecular complexity index is 827. The molecule has 0 atom stereocenters. The van der Waals surface area contributed by atoms with Gasteiger partial charge in [-0.1, -0.05) is 48.5 Å². The van der Waals surface area contributed by atoms with Crippen LogP contribution in [-0.4, -0.2) is 4.92 Å². The minimum absolute atomic E-state index is 0.126. The van der Waals surface area contributed by atoms with Gasteiger partial charge in [0.25, 0.3) is 5.69 Å². The van der Waals surface area contributed by atoms with E-state index in [4.69, 9.17) is 0 Å². The number of hydrogen-bond donors (Lipinski definition) is 0. The summed E-state index contributed by atoms with van der Waals surface area (Å²) >= 11 is 2.30. The van der Waals surface area contributed by atoms with Crippen molar-refractivity contribution < 1.29 is 4.92 Å². The van der Waals surface area contributed by atoms with Gasteiger partial charge in [0.1, 0.15) is 0 Å². The molecule has 3 nitrogen and oxygen atoms in total. The molecule has 0 saturated heterocycles. The molecule has 0 radical (unpaired) electrons. The summed E-state index contributed by atoms with van der Waals surface area (Å²) in [6.07, 6.45) is 0.760. The first kappa shape index (κ1) is 15.7. The van der Waals surface area contributed by atoms with Gasteiger partial charge in [-0.25, -0.2) is 0 Å². The van der Waals surface area contributed by atoms with Crippen molar-refractivity contribution in [3.05, 3.63) is 97.6 Å². The van der Waals surface area contributed by atoms with Gasteiger partial charge >= 0.3 is 0 Å². The lowest BCUT2D eigenvalue weighted by Crippen LogP contribution is -1.91. The quantitative estimate of drug-likeness (QED) is 0.323. The summed E-state index contributed by atoms with van der Waals surface area (Å²) < 4.78 is 1.22. The second-order valence-electron chi connectivity index (χ2n) is 5.31. The van der Waals surface area contributed by atoms with Gasteiger partial charge in [-0.2, -0.15) is 0 Å². The van der Waals surface area contributed by atoms with Crippen LogP contribution in [0.1, 0.15) is 11.1 Å². The van der Waals surface area contributed by atoms with Gasteiger partial charge in [0.2, 0.25) is 0 Å². The number of nitro groups is 1. The Morgan fingerprint density at radius 1 is 0.826 bits per heavy atom. The molecule has 0 amide bonds. The molecular weight excluding hydrogens is 401 g/mol. The zero-order chi connectivity index (χ0) is 16.2. The van der Waals surface area contributed by atoms with Crippen molar-refractivity contribution in [2.75, 3.05) is 0 Å². The minimum Gasteiger partial charge on any atom is -0.258 e. The van der Waals surface area contributed by atoms with Crippen LogP contribution in [0.2, 0.25) is 0 Å². The first-order valence-electron chi connectivity index (χ1n) is 7.20. The highest BCUT2D eigenvalue weighted by molar-refractivity contribution is 14.1. The van der Waals surface area contributed by atoms with E-state index < -0.39 is 0 Å². The van der Waals surface area contributed by atoms with Crippen LogP contribution in [0.3, 0.4) is 0 Å². The van der Waals surface area contributed by atoms with Crippen molar-refractivity contribution in [3.8, 4) is 11.1 Å². The number of nitrogens with zero attached hydrogens (tertiary/aromatic N) is 1. The maximum Gasteiger partial charge on any atom is 0.269 e. The van der Waals surface area contributed by atoms with Crippen LogP contribution in [0, 0.1) is 13.7 Å². The zero-order valence-electron chi connectivity index (χ0n) is 12.3. The van der Waals surface area contributed by atoms with Crippen molar-refractivity contribution in [2.24, 2.45) is 0 Å². The molecule has 0 saturated carbocycles. The molecule has 0 bridgehead atoms. The van der Waals surface area contributed by atoms with Crippen LogP contribution in [-0.2, 0) is 6.42 Å². The highest BCUT2D eigenvalue weighted by Crippen LogP contribution is 2.23. The van der Waals surface area contributed by atoms with Crippen molar-refractivity contribution in [2.45, 2.75) is 6.42 Å². The van der Waals surface area contributed by atoms with E-state index in [1.165, 1.54) is 20.3 Å². The predicted octanol–water partition coefficient (Wildman–Crippen LogP) is 5.46. The Morgan fingerprint density at radius 2 is 1.52 bits per heavy atom. The lowest BCUT2D eigenvalue weighted by atomic mass is 9.99. The third kappa shape index (κ3) is 3.96. The fourth-order valence-corrected chi connectivity index (χ4v) is 2.83. The molecule has 3 rings (SSSR count). The number of hydrogen-bond acceptors (Lipinski definition) is 2. The minimum atomic E-state index is -0.374. The van der Waals surface area contributed by atoms with Crippen LogP contribution >= 0.6 is 22.6 Å². The van der Waals surface area contributed by atoms with E-state index in [0.29, 0.717) is 0 Å². The average Bonchev–Trinajstić information content (AvgIpc) is 2.56. The van der Waals surface area contributed by atoms with Crippen molar-refractivity contribution in [1.82, 2.24) is 0 Å². The third-order valence-electron chi connectivity index (χ3n) is 3.66. The van der Waals surface area contributed by atoms with Crippen LogP contribution in [0.5, 0.6) is 0 Å². The molecule has 0 aliphatic rings. The molecular formula is C19H14INO2. The molecule has 0 fully saturated rings. The summed E-state index contributed by atoms with van der Waals surface area (Å²) in [4.78, 5) is 10.3. The average molecular weight is 415 g/mol. The second-order valence-corrected chi connectivity index (χ2v) is 6.55. The highest BCUT2D eigenvalue weighted by Gasteiger charge is 2.05. The molecule has 0 aromatic heterocycles. The number of rotatable bonds is 4. The van der Waals surface area contributed by atoms with E-state index in [9.17, 15) is 10.1 Å². The first-order valence-corrected chi connectivity index (χ1v) is 8.28. The van der Waals surface area contributed by atoms with Crippen molar-refractivity contribution in [1.29, 1.82) is 0 Å². The summed E-state index contributed by atoms with van der Waals surface area (Å²) in [7, 11) is 0. The summed E-state index contributed by atoms with van der Waals surface area (Å²) in [5.74, 6) is 0. The summed E-state index contributed by atoms with van der Waals surface area (Å²) in [6, 6.07) is 23.6. The van der Waals surface area contributed by atoms with Gasteiger partial charge in [0.05, 0.1) is 4.92 Å². The molecule has 0 unspecified atom stereocenters. The van der Waals surface area contributed by atoms with Crippen LogP contribution in [0.4, 0.5) is 5.69 Å². The molecule has 4 heteroatoms. The molecule has 0 heterocycles. The van der Waals surface area contributed by atoms with E-state index in [1.807, 2.05) is 18.2 Å². The van der Waals surface area contributed by atoms with Crippen LogP contribution in [0.15, 0.2) is 72.8 Å². The lowest BCUT2D eigenvalue weighted by Gasteiger charge is -2.06. The molecule has 0 aliphatic carbocycles. The maximum atomic E-state index is 10.7. The van der Waals surface area contributed by atoms with Gasteiger partial charge in [0, 0.05) is 15.7 Å². The first-order chi connectivity index (χ1) is 11.1. The fourth-order valence-electron chi connectivity index (χ4n) is 2.47. The number of nitro benzene ring substituents is 1. The Balaban J connectivity index is 1.82. The second kappa shape index (κ2) is 6.91. The van der Waals surface area contributed by atoms with Gasteiger partial charge in [-0.3, -0.25) is 10.1 Å². The summed E-state index contributed by atoms with van der Waals surface area (Å²) in [5, 5.41) is 10.7. The molecule has 114 valence electrons. The Hall–Kier alpha value is -2.21. The number of non-ortho nitro benzene ring substituents is 1. The van der Waals surface area contributed by atoms with Crippen LogP contribution in [0.25, 0.3) is 11.1 Å². The van der Waals surface area contributed by atoms with Crippen LogP contribution < -0.4 is 0 Å². The summed E-state index contributed by atoms with van der Waals surface area (Å²) in [5.41, 5.74) is 4.75. The maximum absolute atomic E-state index is 10.7. The normalized spacial score (nSPS) is 10.5. The fraction of sp³-hybridized carbons (Fsp3) is 0.0526. The number of halogens is 1. The van der Waals surface area contributed by atoms with E-state index >= 15 is 0 Å². The van der Waals surface area contributed by atoms with E-state index in [2.05, 4.69) is 65.1 Å². The molecule has 0 spiro atoms. The predicted molar refractivity (Wildman–Crippen MR) is 100 cm³/mol. The van der Waals surface area contributed by atoms with Gasteiger partial charge in [-0.15, -0.1) is 0 Å². The smallest absolute Gasteiger partial charge is 0.258 e. The monoisotopic (exact) mass is 415 g/mol. The zero-order valence-corrected chi connectivity index (χ0v) is 14.4. The van der Waals surface area contributed by atoms with Crippen molar-refractivity contribution in [3.63, 3.8) is 0 Å². The highest BCUT2D eigenvalue weighted by atomic mass is 127. The summed E-state index contributed by atoms with van der Waals surface area (Å²) in [6.45, 7) is 0. The van der Waals surface area contributed by atoms with Gasteiger partial charge in [0.15, 0.2) is 0 Å². The van der Waals surface area contributed by atoms with Gasteiger partial charge in [-0.05, 0) is 63.4 Å². The van der Waals surface area contributed by atoms with Gasteiger partial charge < -0.3 is 0 Å². The van der Waals surface area contributed by atoms with E-state index in [1.54, 1.807) is 12.1 Å². The molecule has 23 heavy (non-hydrogen) atoms. The SMILES string of the molecule is O=[N+]([O-])c1ccc(Cc2cccc(-c3ccc(I)cc3)c2)cc1. The Kier molecular flexibility index (Phi) is 4.71. The largest absolute Gasteiger partial charge is 0.269 e. The Labute approximate surface area is 148 Å². The molecule has 3 aromatic carbocycles.